The van der Waals surface area contributed by atoms with E-state index in [0.717, 1.165) is 0 Å². The number of methoxy groups -OCH3 is 1. The number of nitrogens with one attached hydrogen (secondary N) is 1. The fourth-order valence-corrected chi connectivity index (χ4v) is 3.82. The maximum absolute atomic E-state index is 14.3. The van der Waals surface area contributed by atoms with Crippen LogP contribution in [0.5, 0.6) is 17.4 Å². The first-order valence-electron chi connectivity index (χ1n) is 9.31. The van der Waals surface area contributed by atoms with Gasteiger partial charge in [0.1, 0.15) is 24.1 Å². The average Bonchev–Trinajstić information content (AvgIpc) is 3.12. The molecule has 2 aromatic carbocycles. The Kier molecular flexibility index (Phi) is 5.44. The molecule has 0 bridgehead atoms. The van der Waals surface area contributed by atoms with Crippen LogP contribution in [0.2, 0.25) is 5.02 Å². The Balaban J connectivity index is 1.85. The van der Waals surface area contributed by atoms with Crippen molar-refractivity contribution >= 4 is 11.6 Å². The number of ether oxygens (including phenoxy) is 3. The minimum atomic E-state index is -0.617. The van der Waals surface area contributed by atoms with Crippen LogP contribution in [0, 0.1) is 24.1 Å². The van der Waals surface area contributed by atoms with Gasteiger partial charge in [0.2, 0.25) is 11.8 Å². The maximum atomic E-state index is 14.3. The van der Waals surface area contributed by atoms with E-state index < -0.39 is 11.7 Å². The highest BCUT2D eigenvalue weighted by Crippen LogP contribution is 2.47. The van der Waals surface area contributed by atoms with E-state index in [4.69, 9.17) is 31.5 Å². The number of halogens is 2. The first-order valence-corrected chi connectivity index (χ1v) is 9.69. The first kappa shape index (κ1) is 20.6. The van der Waals surface area contributed by atoms with Gasteiger partial charge in [-0.1, -0.05) is 29.8 Å². The van der Waals surface area contributed by atoms with Crippen LogP contribution in [0.15, 0.2) is 47.9 Å². The zero-order valence-corrected chi connectivity index (χ0v) is 17.5. The second-order valence-electron chi connectivity index (χ2n) is 6.86. The Morgan fingerprint density at radius 2 is 2.10 bits per heavy atom. The molecule has 0 aliphatic carbocycles. The molecule has 0 unspecified atom stereocenters. The molecule has 3 aromatic rings. The summed E-state index contributed by atoms with van der Waals surface area (Å²) in [5, 5.41) is 17.0. The van der Waals surface area contributed by atoms with Crippen LogP contribution >= 0.6 is 11.6 Å². The van der Waals surface area contributed by atoms with Gasteiger partial charge in [0.15, 0.2) is 11.5 Å². The Morgan fingerprint density at radius 1 is 1.32 bits per heavy atom. The monoisotopic (exact) mass is 440 g/mol. The minimum absolute atomic E-state index is 0.0441. The van der Waals surface area contributed by atoms with Gasteiger partial charge in [-0.2, -0.15) is 5.26 Å². The Bertz CT molecular complexity index is 1210. The molecular weight excluding hydrogens is 423 g/mol. The van der Waals surface area contributed by atoms with Gasteiger partial charge in [0, 0.05) is 22.4 Å². The number of H-pyrrole nitrogens is 1. The highest BCUT2D eigenvalue weighted by atomic mass is 35.5. The van der Waals surface area contributed by atoms with Crippen LogP contribution in [-0.4, -0.2) is 17.3 Å². The van der Waals surface area contributed by atoms with E-state index in [0.29, 0.717) is 28.3 Å². The standard InChI is InChI=1S/C22H18ClFN4O3/c1-11-18-19(13(9-25)21(26)31-22(18)28-27-11)12-5-3-8-17(29-2)20(12)30-10-14-15(23)6-4-7-16(14)24/h3-8,19H,10,26H2,1-2H3,(H,27,28)/t19-/m1/s1. The molecule has 1 aliphatic heterocycles. The number of para-hydroxylation sites is 1. The molecule has 0 radical (unpaired) electrons. The molecular formula is C22H18ClFN4O3. The topological polar surface area (TPSA) is 106 Å². The van der Waals surface area contributed by atoms with E-state index in [1.807, 2.05) is 6.92 Å². The number of fused-ring (bicyclic) bond motifs is 1. The van der Waals surface area contributed by atoms with Gasteiger partial charge in [-0.15, -0.1) is 5.10 Å². The lowest BCUT2D eigenvalue weighted by molar-refractivity contribution is 0.276. The summed E-state index contributed by atoms with van der Waals surface area (Å²) in [4.78, 5) is 0. The van der Waals surface area contributed by atoms with E-state index in [2.05, 4.69) is 16.3 Å². The highest BCUT2D eigenvalue weighted by Gasteiger charge is 2.36. The molecule has 9 heteroatoms. The van der Waals surface area contributed by atoms with Crippen LogP contribution < -0.4 is 19.9 Å². The fourth-order valence-electron chi connectivity index (χ4n) is 3.60. The van der Waals surface area contributed by atoms with Crippen LogP contribution in [0.1, 0.15) is 28.3 Å². The molecule has 158 valence electrons. The Morgan fingerprint density at radius 3 is 2.81 bits per heavy atom. The third-order valence-electron chi connectivity index (χ3n) is 5.09. The zero-order valence-electron chi connectivity index (χ0n) is 16.7. The van der Waals surface area contributed by atoms with Crippen molar-refractivity contribution < 1.29 is 18.6 Å². The SMILES string of the molecule is COc1cccc([C@@H]2C(C#N)=C(N)Oc3n[nH]c(C)c32)c1OCc1c(F)cccc1Cl. The van der Waals surface area contributed by atoms with Gasteiger partial charge in [-0.3, -0.25) is 5.10 Å². The van der Waals surface area contributed by atoms with Crippen molar-refractivity contribution in [3.8, 4) is 23.4 Å². The van der Waals surface area contributed by atoms with Gasteiger partial charge < -0.3 is 19.9 Å². The summed E-state index contributed by atoms with van der Waals surface area (Å²) in [6.07, 6.45) is 0. The lowest BCUT2D eigenvalue weighted by Crippen LogP contribution is -2.21. The molecule has 0 fully saturated rings. The van der Waals surface area contributed by atoms with Gasteiger partial charge in [-0.25, -0.2) is 4.39 Å². The predicted molar refractivity (Wildman–Crippen MR) is 111 cm³/mol. The number of nitrogens with two attached hydrogens (primary N) is 1. The minimum Gasteiger partial charge on any atom is -0.493 e. The average molecular weight is 441 g/mol. The number of hydrogen-bond acceptors (Lipinski definition) is 6. The molecule has 1 aliphatic rings. The third kappa shape index (κ3) is 3.53. The molecule has 31 heavy (non-hydrogen) atoms. The van der Waals surface area contributed by atoms with Crippen molar-refractivity contribution in [3.05, 3.63) is 81.1 Å². The molecule has 1 aromatic heterocycles. The number of rotatable bonds is 5. The lowest BCUT2D eigenvalue weighted by atomic mass is 9.83. The number of aromatic nitrogens is 2. The van der Waals surface area contributed by atoms with Crippen LogP contribution in [0.3, 0.4) is 0 Å². The second kappa shape index (κ2) is 8.20. The summed E-state index contributed by atoms with van der Waals surface area (Å²) in [6.45, 7) is 1.68. The summed E-state index contributed by atoms with van der Waals surface area (Å²) < 4.78 is 31.3. The van der Waals surface area contributed by atoms with Crippen LogP contribution in [-0.2, 0) is 6.61 Å². The predicted octanol–water partition coefficient (Wildman–Crippen LogP) is 4.32. The van der Waals surface area contributed by atoms with Gasteiger partial charge >= 0.3 is 0 Å². The highest BCUT2D eigenvalue weighted by molar-refractivity contribution is 6.31. The summed E-state index contributed by atoms with van der Waals surface area (Å²) in [5.41, 5.74) is 8.40. The smallest absolute Gasteiger partial charge is 0.244 e. The van der Waals surface area contributed by atoms with Crippen molar-refractivity contribution in [2.45, 2.75) is 19.4 Å². The Labute approximate surface area is 182 Å². The zero-order chi connectivity index (χ0) is 22.1. The summed E-state index contributed by atoms with van der Waals surface area (Å²) in [6, 6.07) is 11.8. The van der Waals surface area contributed by atoms with E-state index in [9.17, 15) is 9.65 Å². The number of aromatic amines is 1. The van der Waals surface area contributed by atoms with E-state index in [1.54, 1.807) is 24.3 Å². The number of aryl methyl sites for hydroxylation is 1. The number of nitriles is 1. The molecule has 0 saturated heterocycles. The lowest BCUT2D eigenvalue weighted by Gasteiger charge is -2.26. The number of nitrogens with zero attached hydrogens (tertiary/aromatic N) is 2. The molecule has 0 saturated carbocycles. The van der Waals surface area contributed by atoms with E-state index in [-0.39, 0.29) is 34.5 Å². The maximum Gasteiger partial charge on any atom is 0.244 e. The summed E-state index contributed by atoms with van der Waals surface area (Å²) in [7, 11) is 1.50. The van der Waals surface area contributed by atoms with Crippen molar-refractivity contribution in [2.24, 2.45) is 5.73 Å². The summed E-state index contributed by atoms with van der Waals surface area (Å²) >= 11 is 6.15. The normalized spacial score (nSPS) is 15.1. The molecule has 4 rings (SSSR count). The van der Waals surface area contributed by atoms with Gasteiger partial charge in [0.05, 0.1) is 18.1 Å². The third-order valence-corrected chi connectivity index (χ3v) is 5.45. The molecule has 7 nitrogen and oxygen atoms in total. The van der Waals surface area contributed by atoms with Crippen molar-refractivity contribution in [1.29, 1.82) is 5.26 Å². The molecule has 3 N–H and O–H groups in total. The Hall–Kier alpha value is -3.70. The fraction of sp³-hybridized carbons (Fsp3) is 0.182. The van der Waals surface area contributed by atoms with Crippen LogP contribution in [0.25, 0.3) is 0 Å². The first-order chi connectivity index (χ1) is 15.0. The number of benzene rings is 2. The van der Waals surface area contributed by atoms with Crippen molar-refractivity contribution in [2.75, 3.05) is 7.11 Å². The molecule has 0 spiro atoms. The number of allylic oxidation sites excluding steroid dienone is 1. The van der Waals surface area contributed by atoms with Crippen LogP contribution in [0.4, 0.5) is 4.39 Å². The van der Waals surface area contributed by atoms with E-state index in [1.165, 1.54) is 19.2 Å². The van der Waals surface area contributed by atoms with Gasteiger partial charge in [0.25, 0.3) is 0 Å². The largest absolute Gasteiger partial charge is 0.493 e. The van der Waals surface area contributed by atoms with Crippen molar-refractivity contribution in [3.63, 3.8) is 0 Å². The second-order valence-corrected chi connectivity index (χ2v) is 7.27. The summed E-state index contributed by atoms with van der Waals surface area (Å²) in [5.74, 6) is -0.112. The number of hydrogen-bond donors (Lipinski definition) is 2. The quantitative estimate of drug-likeness (QED) is 0.612. The molecule has 1 atom stereocenters. The molecule has 2 heterocycles. The van der Waals surface area contributed by atoms with Crippen molar-refractivity contribution in [1.82, 2.24) is 10.2 Å². The van der Waals surface area contributed by atoms with E-state index >= 15 is 0 Å². The molecule has 0 amide bonds. The van der Waals surface area contributed by atoms with Gasteiger partial charge in [-0.05, 0) is 25.1 Å².